The van der Waals surface area contributed by atoms with Gasteiger partial charge >= 0.3 is 0 Å². The van der Waals surface area contributed by atoms with Crippen LogP contribution in [0.3, 0.4) is 0 Å². The van der Waals surface area contributed by atoms with Crippen molar-refractivity contribution in [3.8, 4) is 0 Å². The van der Waals surface area contributed by atoms with Crippen molar-refractivity contribution >= 4 is 0 Å². The number of nitrogens with two attached hydrogens (primary N) is 1. The summed E-state index contributed by atoms with van der Waals surface area (Å²) >= 11 is 0. The molecule has 0 fully saturated rings. The third kappa shape index (κ3) is 2.91. The van der Waals surface area contributed by atoms with Gasteiger partial charge in [-0.2, -0.15) is 0 Å². The second-order valence-electron chi connectivity index (χ2n) is 4.01. The maximum absolute atomic E-state index is 5.50. The van der Waals surface area contributed by atoms with Gasteiger partial charge in [-0.1, -0.05) is 30.3 Å². The summed E-state index contributed by atoms with van der Waals surface area (Å²) in [7, 11) is 1.66. The topological polar surface area (TPSA) is 61.0 Å². The zero-order valence-electron chi connectivity index (χ0n) is 10.4. The molecule has 4 nitrogen and oxygen atoms in total. The maximum atomic E-state index is 5.50. The summed E-state index contributed by atoms with van der Waals surface area (Å²) in [4.78, 5) is 8.71. The van der Waals surface area contributed by atoms with Crippen LogP contribution in [0.5, 0.6) is 0 Å². The van der Waals surface area contributed by atoms with Crippen LogP contribution in [0.1, 0.15) is 23.1 Å². The van der Waals surface area contributed by atoms with Gasteiger partial charge in [-0.25, -0.2) is 9.97 Å². The monoisotopic (exact) mass is 243 g/mol. The summed E-state index contributed by atoms with van der Waals surface area (Å²) in [5.41, 5.74) is 7.59. The number of benzene rings is 1. The van der Waals surface area contributed by atoms with Crippen LogP contribution in [0.2, 0.25) is 0 Å². The van der Waals surface area contributed by atoms with Crippen molar-refractivity contribution in [3.05, 3.63) is 59.7 Å². The Morgan fingerprint density at radius 3 is 2.39 bits per heavy atom. The van der Waals surface area contributed by atoms with Crippen LogP contribution in [0.4, 0.5) is 0 Å². The van der Waals surface area contributed by atoms with Crippen molar-refractivity contribution in [2.24, 2.45) is 5.73 Å². The minimum absolute atomic E-state index is 0.224. The Balaban J connectivity index is 2.23. The van der Waals surface area contributed by atoms with Gasteiger partial charge in [-0.05, 0) is 24.1 Å². The molecule has 1 aromatic heterocycles. The van der Waals surface area contributed by atoms with Gasteiger partial charge in [-0.3, -0.25) is 0 Å². The molecule has 2 N–H and O–H groups in total. The predicted octanol–water partition coefficient (Wildman–Crippen LogP) is 1.71. The molecule has 0 bridgehead atoms. The Bertz CT molecular complexity index is 470. The molecule has 1 atom stereocenters. The maximum Gasteiger partial charge on any atom is 0.161 e. The summed E-state index contributed by atoms with van der Waals surface area (Å²) in [6.45, 7) is 0.606. The molecule has 1 unspecified atom stereocenters. The zero-order chi connectivity index (χ0) is 12.8. The minimum Gasteiger partial charge on any atom is -0.369 e. The third-order valence-electron chi connectivity index (χ3n) is 2.73. The SMILES string of the molecule is COC(c1ccccc1)c1ncc(CCN)cn1. The molecular weight excluding hydrogens is 226 g/mol. The summed E-state index contributed by atoms with van der Waals surface area (Å²) in [6, 6.07) is 9.94. The van der Waals surface area contributed by atoms with Crippen LogP contribution in [0, 0.1) is 0 Å². The Hall–Kier alpha value is -1.78. The number of rotatable bonds is 5. The van der Waals surface area contributed by atoms with E-state index in [1.54, 1.807) is 7.11 Å². The van der Waals surface area contributed by atoms with Crippen molar-refractivity contribution < 1.29 is 4.74 Å². The largest absolute Gasteiger partial charge is 0.369 e. The molecule has 94 valence electrons. The van der Waals surface area contributed by atoms with E-state index in [-0.39, 0.29) is 6.10 Å². The standard InChI is InChI=1S/C14H17N3O/c1-18-13(12-5-3-2-4-6-12)14-16-9-11(7-8-15)10-17-14/h2-6,9-10,13H,7-8,15H2,1H3. The molecule has 0 aliphatic carbocycles. The van der Waals surface area contributed by atoms with E-state index in [2.05, 4.69) is 9.97 Å². The predicted molar refractivity (Wildman–Crippen MR) is 70.1 cm³/mol. The molecule has 2 aromatic rings. The molecule has 18 heavy (non-hydrogen) atoms. The number of aromatic nitrogens is 2. The summed E-state index contributed by atoms with van der Waals surface area (Å²) in [6.07, 6.45) is 4.19. The smallest absolute Gasteiger partial charge is 0.161 e. The first-order valence-electron chi connectivity index (χ1n) is 5.93. The van der Waals surface area contributed by atoms with E-state index in [0.717, 1.165) is 17.5 Å². The highest BCUT2D eigenvalue weighted by Gasteiger charge is 2.15. The summed E-state index contributed by atoms with van der Waals surface area (Å²) in [5.74, 6) is 0.671. The third-order valence-corrected chi connectivity index (χ3v) is 2.73. The van der Waals surface area contributed by atoms with Crippen LogP contribution >= 0.6 is 0 Å². The van der Waals surface area contributed by atoms with E-state index < -0.39 is 0 Å². The highest BCUT2D eigenvalue weighted by molar-refractivity contribution is 5.23. The minimum atomic E-state index is -0.224. The lowest BCUT2D eigenvalue weighted by Gasteiger charge is -2.14. The average molecular weight is 243 g/mol. The van der Waals surface area contributed by atoms with Crippen LogP contribution in [0.15, 0.2) is 42.7 Å². The quantitative estimate of drug-likeness (QED) is 0.868. The number of ether oxygens (including phenoxy) is 1. The van der Waals surface area contributed by atoms with Crippen LogP contribution < -0.4 is 5.73 Å². The summed E-state index contributed by atoms with van der Waals surface area (Å²) in [5, 5.41) is 0. The van der Waals surface area contributed by atoms with Gasteiger partial charge in [0.25, 0.3) is 0 Å². The Labute approximate surface area is 107 Å². The van der Waals surface area contributed by atoms with Gasteiger partial charge in [0.2, 0.25) is 0 Å². The number of hydrogen-bond donors (Lipinski definition) is 1. The second-order valence-corrected chi connectivity index (χ2v) is 4.01. The lowest BCUT2D eigenvalue weighted by Crippen LogP contribution is -2.09. The van der Waals surface area contributed by atoms with Crippen LogP contribution in [0.25, 0.3) is 0 Å². The lowest BCUT2D eigenvalue weighted by atomic mass is 10.1. The fourth-order valence-corrected chi connectivity index (χ4v) is 1.81. The Kier molecular flexibility index (Phi) is 4.39. The van der Waals surface area contributed by atoms with E-state index in [1.165, 1.54) is 0 Å². The van der Waals surface area contributed by atoms with Crippen molar-refractivity contribution in [2.45, 2.75) is 12.5 Å². The van der Waals surface area contributed by atoms with E-state index in [9.17, 15) is 0 Å². The van der Waals surface area contributed by atoms with E-state index >= 15 is 0 Å². The first-order valence-corrected chi connectivity index (χ1v) is 5.93. The molecule has 0 aliphatic heterocycles. The lowest BCUT2D eigenvalue weighted by molar-refractivity contribution is 0.129. The van der Waals surface area contributed by atoms with Crippen LogP contribution in [-0.4, -0.2) is 23.6 Å². The second kappa shape index (κ2) is 6.23. The molecule has 1 heterocycles. The average Bonchev–Trinajstić information content (AvgIpc) is 2.43. The highest BCUT2D eigenvalue weighted by atomic mass is 16.5. The highest BCUT2D eigenvalue weighted by Crippen LogP contribution is 2.21. The van der Waals surface area contributed by atoms with Gasteiger partial charge < -0.3 is 10.5 Å². The molecule has 0 aliphatic rings. The molecule has 0 radical (unpaired) electrons. The van der Waals surface area contributed by atoms with Crippen molar-refractivity contribution in [1.29, 1.82) is 0 Å². The zero-order valence-corrected chi connectivity index (χ0v) is 10.4. The molecule has 2 rings (SSSR count). The van der Waals surface area contributed by atoms with Crippen molar-refractivity contribution in [2.75, 3.05) is 13.7 Å². The number of nitrogens with zero attached hydrogens (tertiary/aromatic N) is 2. The molecular formula is C14H17N3O. The number of hydrogen-bond acceptors (Lipinski definition) is 4. The molecule has 4 heteroatoms. The van der Waals surface area contributed by atoms with E-state index in [1.807, 2.05) is 42.7 Å². The van der Waals surface area contributed by atoms with Crippen molar-refractivity contribution in [3.63, 3.8) is 0 Å². The van der Waals surface area contributed by atoms with E-state index in [0.29, 0.717) is 12.4 Å². The molecule has 0 saturated heterocycles. The first kappa shape index (κ1) is 12.7. The first-order chi connectivity index (χ1) is 8.85. The fourth-order valence-electron chi connectivity index (χ4n) is 1.81. The van der Waals surface area contributed by atoms with E-state index in [4.69, 9.17) is 10.5 Å². The summed E-state index contributed by atoms with van der Waals surface area (Å²) < 4.78 is 5.47. The number of methoxy groups -OCH3 is 1. The van der Waals surface area contributed by atoms with Gasteiger partial charge in [0.1, 0.15) is 6.10 Å². The normalized spacial score (nSPS) is 12.3. The molecule has 1 aromatic carbocycles. The Morgan fingerprint density at radius 1 is 1.17 bits per heavy atom. The molecule has 0 amide bonds. The molecule has 0 saturated carbocycles. The molecule has 0 spiro atoms. The van der Waals surface area contributed by atoms with Crippen molar-refractivity contribution in [1.82, 2.24) is 9.97 Å². The van der Waals surface area contributed by atoms with Gasteiger partial charge in [0.05, 0.1) is 0 Å². The fraction of sp³-hybridized carbons (Fsp3) is 0.286. The Morgan fingerprint density at radius 2 is 1.83 bits per heavy atom. The van der Waals surface area contributed by atoms with Gasteiger partial charge in [0, 0.05) is 19.5 Å². The van der Waals surface area contributed by atoms with Crippen LogP contribution in [-0.2, 0) is 11.2 Å². The van der Waals surface area contributed by atoms with Gasteiger partial charge in [0.15, 0.2) is 5.82 Å². The van der Waals surface area contributed by atoms with Gasteiger partial charge in [-0.15, -0.1) is 0 Å².